The van der Waals surface area contributed by atoms with E-state index >= 15 is 0 Å². The molecule has 25 heavy (non-hydrogen) atoms. The van der Waals surface area contributed by atoms with Gasteiger partial charge in [0.15, 0.2) is 12.4 Å². The molecule has 0 N–H and O–H groups in total. The zero-order valence-corrected chi connectivity index (χ0v) is 14.6. The molecule has 2 aromatic rings. The number of hydrogen-bond donors (Lipinski definition) is 0. The van der Waals surface area contributed by atoms with Crippen LogP contribution in [-0.4, -0.2) is 36.8 Å². The van der Waals surface area contributed by atoms with Gasteiger partial charge in [-0.2, -0.15) is 0 Å². The quantitative estimate of drug-likeness (QED) is 0.688. The number of nitrogens with zero attached hydrogens (tertiary/aromatic N) is 1. The van der Waals surface area contributed by atoms with Gasteiger partial charge in [0.05, 0.1) is 0 Å². The van der Waals surface area contributed by atoms with Gasteiger partial charge >= 0.3 is 0 Å². The van der Waals surface area contributed by atoms with Crippen molar-refractivity contribution >= 4 is 17.8 Å². The number of carbonyl (C=O) groups is 2. The maximum atomic E-state index is 12.1. The molecule has 130 valence electrons. The Morgan fingerprint density at radius 2 is 1.72 bits per heavy atom. The van der Waals surface area contributed by atoms with E-state index in [-0.39, 0.29) is 18.3 Å². The van der Waals surface area contributed by atoms with Crippen LogP contribution in [0.25, 0.3) is 6.08 Å². The Hall–Kier alpha value is -2.88. The number of hydrogen-bond acceptors (Lipinski definition) is 3. The van der Waals surface area contributed by atoms with Crippen molar-refractivity contribution in [3.05, 3.63) is 71.8 Å². The molecule has 4 heteroatoms. The lowest BCUT2D eigenvalue weighted by Gasteiger charge is -2.15. The first-order valence-electron chi connectivity index (χ1n) is 8.31. The summed E-state index contributed by atoms with van der Waals surface area (Å²) >= 11 is 0. The normalized spacial score (nSPS) is 10.6. The maximum Gasteiger partial charge on any atom is 0.260 e. The molecule has 0 radical (unpaired) electrons. The highest BCUT2D eigenvalue weighted by atomic mass is 16.5. The Morgan fingerprint density at radius 3 is 2.36 bits per heavy atom. The van der Waals surface area contributed by atoms with E-state index in [2.05, 4.69) is 0 Å². The van der Waals surface area contributed by atoms with Crippen molar-refractivity contribution in [2.45, 2.75) is 13.3 Å². The second-order valence-electron chi connectivity index (χ2n) is 5.68. The van der Waals surface area contributed by atoms with Crippen LogP contribution in [0.15, 0.2) is 60.7 Å². The van der Waals surface area contributed by atoms with Crippen LogP contribution >= 0.6 is 0 Å². The predicted octanol–water partition coefficient (Wildman–Crippen LogP) is 3.83. The van der Waals surface area contributed by atoms with E-state index < -0.39 is 0 Å². The van der Waals surface area contributed by atoms with Gasteiger partial charge in [-0.05, 0) is 29.8 Å². The number of benzene rings is 2. The van der Waals surface area contributed by atoms with Gasteiger partial charge in [-0.1, -0.05) is 49.4 Å². The second-order valence-corrected chi connectivity index (χ2v) is 5.68. The fourth-order valence-corrected chi connectivity index (χ4v) is 2.21. The number of carbonyl (C=O) groups excluding carboxylic acids is 2. The molecular formula is C21H23NO3. The van der Waals surface area contributed by atoms with Crippen LogP contribution in [0.1, 0.15) is 29.3 Å². The molecular weight excluding hydrogens is 314 g/mol. The average Bonchev–Trinajstić information content (AvgIpc) is 2.66. The lowest BCUT2D eigenvalue weighted by molar-refractivity contribution is -0.131. The molecule has 0 heterocycles. The van der Waals surface area contributed by atoms with Crippen LogP contribution in [0.4, 0.5) is 0 Å². The van der Waals surface area contributed by atoms with E-state index in [1.54, 1.807) is 36.2 Å². The zero-order chi connectivity index (χ0) is 18.1. The van der Waals surface area contributed by atoms with Crippen LogP contribution in [0.3, 0.4) is 0 Å². The average molecular weight is 337 g/mol. The number of rotatable bonds is 8. The van der Waals surface area contributed by atoms with Crippen LogP contribution in [0, 0.1) is 0 Å². The minimum Gasteiger partial charge on any atom is -0.484 e. The first-order valence-corrected chi connectivity index (χ1v) is 8.31. The van der Waals surface area contributed by atoms with Crippen molar-refractivity contribution in [1.82, 2.24) is 4.90 Å². The van der Waals surface area contributed by atoms with Crippen LogP contribution in [-0.2, 0) is 4.79 Å². The van der Waals surface area contributed by atoms with Gasteiger partial charge in [-0.15, -0.1) is 0 Å². The van der Waals surface area contributed by atoms with Gasteiger partial charge in [0.2, 0.25) is 0 Å². The van der Waals surface area contributed by atoms with Gasteiger partial charge in [0, 0.05) is 25.6 Å². The molecule has 0 unspecified atom stereocenters. The number of Topliss-reactive ketones (excluding diaryl/α,β-unsaturated/α-hetero) is 1. The molecule has 0 aliphatic heterocycles. The number of ketones is 1. The van der Waals surface area contributed by atoms with Gasteiger partial charge in [-0.3, -0.25) is 9.59 Å². The highest BCUT2D eigenvalue weighted by Crippen LogP contribution is 2.13. The third-order valence-electron chi connectivity index (χ3n) is 3.77. The Balaban J connectivity index is 1.79. The lowest BCUT2D eigenvalue weighted by atomic mass is 10.1. The smallest absolute Gasteiger partial charge is 0.260 e. The molecule has 0 aliphatic carbocycles. The first kappa shape index (κ1) is 18.5. The van der Waals surface area contributed by atoms with E-state index in [1.165, 1.54) is 0 Å². The van der Waals surface area contributed by atoms with Gasteiger partial charge < -0.3 is 9.64 Å². The fraction of sp³-hybridized carbons (Fsp3) is 0.238. The van der Waals surface area contributed by atoms with Crippen molar-refractivity contribution in [1.29, 1.82) is 0 Å². The van der Waals surface area contributed by atoms with E-state index in [4.69, 9.17) is 4.74 Å². The lowest BCUT2D eigenvalue weighted by Crippen LogP contribution is -2.31. The fourth-order valence-electron chi connectivity index (χ4n) is 2.21. The third-order valence-corrected chi connectivity index (χ3v) is 3.77. The summed E-state index contributed by atoms with van der Waals surface area (Å²) in [4.78, 5) is 25.3. The molecule has 0 saturated carbocycles. The van der Waals surface area contributed by atoms with Crippen molar-refractivity contribution < 1.29 is 14.3 Å². The van der Waals surface area contributed by atoms with Crippen LogP contribution < -0.4 is 4.74 Å². The Labute approximate surface area is 148 Å². The van der Waals surface area contributed by atoms with E-state index in [9.17, 15) is 9.59 Å². The molecule has 0 spiro atoms. The highest BCUT2D eigenvalue weighted by Gasteiger charge is 2.09. The largest absolute Gasteiger partial charge is 0.484 e. The van der Waals surface area contributed by atoms with Crippen molar-refractivity contribution in [2.24, 2.45) is 0 Å². The monoisotopic (exact) mass is 337 g/mol. The molecule has 1 amide bonds. The zero-order valence-electron chi connectivity index (χ0n) is 14.6. The number of ether oxygens (including phenoxy) is 1. The highest BCUT2D eigenvalue weighted by molar-refractivity contribution is 5.95. The number of amides is 1. The van der Waals surface area contributed by atoms with Crippen molar-refractivity contribution in [3.63, 3.8) is 0 Å². The molecule has 0 fully saturated rings. The maximum absolute atomic E-state index is 12.1. The number of likely N-dealkylation sites (N-methyl/N-ethyl adjacent to an activating group) is 1. The van der Waals surface area contributed by atoms with E-state index in [0.29, 0.717) is 24.3 Å². The summed E-state index contributed by atoms with van der Waals surface area (Å²) in [6.07, 6.45) is 4.40. The van der Waals surface area contributed by atoms with Crippen molar-refractivity contribution in [2.75, 3.05) is 20.2 Å². The summed E-state index contributed by atoms with van der Waals surface area (Å²) in [6.45, 7) is 2.31. The molecule has 0 atom stereocenters. The minimum absolute atomic E-state index is 0.0310. The summed E-state index contributed by atoms with van der Waals surface area (Å²) in [5.41, 5.74) is 1.76. The Bertz CT molecular complexity index is 721. The van der Waals surface area contributed by atoms with Gasteiger partial charge in [0.25, 0.3) is 5.91 Å². The van der Waals surface area contributed by atoms with Crippen LogP contribution in [0.5, 0.6) is 5.75 Å². The van der Waals surface area contributed by atoms with E-state index in [0.717, 1.165) is 5.56 Å². The van der Waals surface area contributed by atoms with Crippen molar-refractivity contribution in [3.8, 4) is 5.75 Å². The summed E-state index contributed by atoms with van der Waals surface area (Å²) in [5, 5.41) is 0. The predicted molar refractivity (Wildman–Crippen MR) is 99.7 cm³/mol. The third kappa shape index (κ3) is 5.92. The second kappa shape index (κ2) is 9.42. The molecule has 2 rings (SSSR count). The Morgan fingerprint density at radius 1 is 1.04 bits per heavy atom. The van der Waals surface area contributed by atoms with Gasteiger partial charge in [0.1, 0.15) is 5.75 Å². The summed E-state index contributed by atoms with van der Waals surface area (Å²) in [6, 6.07) is 16.8. The summed E-state index contributed by atoms with van der Waals surface area (Å²) in [5.74, 6) is 0.563. The molecule has 0 aromatic heterocycles. The summed E-state index contributed by atoms with van der Waals surface area (Å²) < 4.78 is 5.50. The molecule has 0 aliphatic rings. The summed E-state index contributed by atoms with van der Waals surface area (Å²) in [7, 11) is 1.74. The standard InChI is InChI=1S/C21H23NO3/c1-3-20(23)18-11-13-19(14-12-18)25-16-21(24)22(2)15-7-10-17-8-5-4-6-9-17/h4-14H,3,15-16H2,1-2H3/b10-7+. The minimum atomic E-state index is -0.105. The topological polar surface area (TPSA) is 46.6 Å². The molecule has 0 saturated heterocycles. The Kier molecular flexibility index (Phi) is 6.96. The van der Waals surface area contributed by atoms with E-state index in [1.807, 2.05) is 49.4 Å². The molecule has 2 aromatic carbocycles. The van der Waals surface area contributed by atoms with Gasteiger partial charge in [-0.25, -0.2) is 0 Å². The molecule has 4 nitrogen and oxygen atoms in total. The molecule has 0 bridgehead atoms. The first-order chi connectivity index (χ1) is 12.1. The SMILES string of the molecule is CCC(=O)c1ccc(OCC(=O)N(C)C/C=C/c2ccccc2)cc1. The van der Waals surface area contributed by atoms with Crippen LogP contribution in [0.2, 0.25) is 0 Å².